The second kappa shape index (κ2) is 10.9. The summed E-state index contributed by atoms with van der Waals surface area (Å²) in [4.78, 5) is 28.3. The van der Waals surface area contributed by atoms with Crippen molar-refractivity contribution in [3.05, 3.63) is 47.0 Å². The van der Waals surface area contributed by atoms with E-state index >= 15 is 0 Å². The number of rotatable bonds is 8. The maximum absolute atomic E-state index is 14.1. The highest BCUT2D eigenvalue weighted by atomic mass is 19.4. The number of nitrogens with one attached hydrogen (secondary N) is 2. The summed E-state index contributed by atoms with van der Waals surface area (Å²) in [6, 6.07) is 5.11. The standard InChI is InChI=1S/C28H28F6N4O5/c1-43-22-12-21-20(11-17(22)23(39)40)37-25(38(21)16-5-3-15(4-6-16)27(29,30)31)36-19-10-14(2-7-18(19)28(32,33)34)13-35-24(41)26(42)8-9-26/h2,7,10-12,15-16,42H,3-6,8-9,13H2,1H3,(H,35,41)(H,36,37)(H,39,40). The fourth-order valence-electron chi connectivity index (χ4n) is 5.44. The summed E-state index contributed by atoms with van der Waals surface area (Å²) in [6.45, 7) is -0.176. The van der Waals surface area contributed by atoms with Gasteiger partial charge in [0, 0.05) is 18.7 Å². The number of hydrogen-bond donors (Lipinski definition) is 4. The lowest BCUT2D eigenvalue weighted by atomic mass is 9.85. The molecule has 1 aromatic heterocycles. The third-order valence-electron chi connectivity index (χ3n) is 8.00. The zero-order valence-corrected chi connectivity index (χ0v) is 22.8. The van der Waals surface area contributed by atoms with Gasteiger partial charge in [0.05, 0.1) is 35.3 Å². The van der Waals surface area contributed by atoms with Crippen molar-refractivity contribution < 1.29 is 50.9 Å². The Labute approximate surface area is 240 Å². The molecule has 2 aliphatic rings. The second-order valence-corrected chi connectivity index (χ2v) is 10.9. The zero-order valence-electron chi connectivity index (χ0n) is 22.8. The molecule has 15 heteroatoms. The number of aromatic nitrogens is 2. The van der Waals surface area contributed by atoms with Gasteiger partial charge >= 0.3 is 18.3 Å². The van der Waals surface area contributed by atoms with Gasteiger partial charge in [-0.2, -0.15) is 26.3 Å². The number of fused-ring (bicyclic) bond motifs is 1. The quantitative estimate of drug-likeness (QED) is 0.232. The first-order valence-electron chi connectivity index (χ1n) is 13.5. The van der Waals surface area contributed by atoms with E-state index in [1.54, 1.807) is 0 Å². The highest BCUT2D eigenvalue weighted by Crippen LogP contribution is 2.45. The predicted octanol–water partition coefficient (Wildman–Crippen LogP) is 5.94. The monoisotopic (exact) mass is 614 g/mol. The Morgan fingerprint density at radius 2 is 1.74 bits per heavy atom. The first-order valence-corrected chi connectivity index (χ1v) is 13.5. The molecule has 4 N–H and O–H groups in total. The molecule has 0 bridgehead atoms. The first kappa shape index (κ1) is 30.4. The summed E-state index contributed by atoms with van der Waals surface area (Å²) in [5.74, 6) is -3.67. The first-order chi connectivity index (χ1) is 20.1. The van der Waals surface area contributed by atoms with Crippen molar-refractivity contribution in [1.29, 1.82) is 0 Å². The Morgan fingerprint density at radius 1 is 1.07 bits per heavy atom. The van der Waals surface area contributed by atoms with Crippen LogP contribution in [-0.2, 0) is 17.5 Å². The van der Waals surface area contributed by atoms with Crippen LogP contribution in [0.25, 0.3) is 11.0 Å². The van der Waals surface area contributed by atoms with Crippen LogP contribution in [0.5, 0.6) is 5.75 Å². The van der Waals surface area contributed by atoms with Crippen molar-refractivity contribution in [2.45, 2.75) is 69.1 Å². The van der Waals surface area contributed by atoms with Crippen molar-refractivity contribution in [2.24, 2.45) is 5.92 Å². The lowest BCUT2D eigenvalue weighted by Crippen LogP contribution is -2.35. The molecule has 0 atom stereocenters. The highest BCUT2D eigenvalue weighted by Gasteiger charge is 2.48. The number of imidazole rings is 1. The van der Waals surface area contributed by atoms with E-state index in [0.29, 0.717) is 0 Å². The molecule has 232 valence electrons. The molecule has 5 rings (SSSR count). The Morgan fingerprint density at radius 3 is 2.30 bits per heavy atom. The topological polar surface area (TPSA) is 126 Å². The Kier molecular flexibility index (Phi) is 7.73. The van der Waals surface area contributed by atoms with Crippen LogP contribution < -0.4 is 15.4 Å². The van der Waals surface area contributed by atoms with E-state index in [1.807, 2.05) is 0 Å². The number of carbonyl (C=O) groups excluding carboxylic acids is 1. The second-order valence-electron chi connectivity index (χ2n) is 10.9. The Bertz CT molecular complexity index is 1560. The van der Waals surface area contributed by atoms with Crippen molar-refractivity contribution in [3.63, 3.8) is 0 Å². The number of halogens is 6. The number of aliphatic hydroxyl groups is 1. The molecule has 0 radical (unpaired) electrons. The number of carboxylic acid groups (broad SMARTS) is 1. The number of anilines is 2. The molecule has 0 saturated heterocycles. The van der Waals surface area contributed by atoms with Crippen molar-refractivity contribution >= 4 is 34.5 Å². The summed E-state index contributed by atoms with van der Waals surface area (Å²) in [7, 11) is 1.24. The molecule has 3 aromatic rings. The van der Waals surface area contributed by atoms with Crippen LogP contribution in [0.1, 0.15) is 66.1 Å². The summed E-state index contributed by atoms with van der Waals surface area (Å²) < 4.78 is 89.0. The molecule has 2 fully saturated rings. The van der Waals surface area contributed by atoms with Gasteiger partial charge in [0.1, 0.15) is 16.9 Å². The fraction of sp³-hybridized carbons (Fsp3) is 0.464. The summed E-state index contributed by atoms with van der Waals surface area (Å²) in [5, 5.41) is 24.8. The molecule has 1 amide bonds. The molecule has 0 aliphatic heterocycles. The largest absolute Gasteiger partial charge is 0.496 e. The average molecular weight is 615 g/mol. The lowest BCUT2D eigenvalue weighted by Gasteiger charge is -2.32. The van der Waals surface area contributed by atoms with Crippen LogP contribution in [0.15, 0.2) is 30.3 Å². The maximum Gasteiger partial charge on any atom is 0.418 e. The molecule has 1 heterocycles. The van der Waals surface area contributed by atoms with Gasteiger partial charge in [-0.15, -0.1) is 0 Å². The average Bonchev–Trinajstić information content (AvgIpc) is 3.60. The third kappa shape index (κ3) is 6.21. The Hall–Kier alpha value is -4.01. The van der Waals surface area contributed by atoms with E-state index in [-0.39, 0.29) is 78.9 Å². The number of ether oxygens (including phenoxy) is 1. The van der Waals surface area contributed by atoms with E-state index in [2.05, 4.69) is 15.6 Å². The minimum Gasteiger partial charge on any atom is -0.496 e. The highest BCUT2D eigenvalue weighted by molar-refractivity contribution is 5.96. The van der Waals surface area contributed by atoms with Gasteiger partial charge in [0.25, 0.3) is 5.91 Å². The lowest BCUT2D eigenvalue weighted by molar-refractivity contribution is -0.183. The molecule has 2 saturated carbocycles. The SMILES string of the molecule is COc1cc2c(cc1C(=O)O)nc(Nc1cc(CNC(=O)C3(O)CC3)ccc1C(F)(F)F)n2C1CCC(C(F)(F)F)CC1. The molecule has 0 spiro atoms. The van der Waals surface area contributed by atoms with Gasteiger partial charge in [-0.3, -0.25) is 4.79 Å². The minimum absolute atomic E-state index is 0.0500. The van der Waals surface area contributed by atoms with E-state index in [0.717, 1.165) is 12.1 Å². The van der Waals surface area contributed by atoms with Gasteiger partial charge in [0.2, 0.25) is 5.95 Å². The predicted molar refractivity (Wildman–Crippen MR) is 141 cm³/mol. The van der Waals surface area contributed by atoms with Crippen LogP contribution in [-0.4, -0.2) is 50.5 Å². The molecule has 43 heavy (non-hydrogen) atoms. The number of amides is 1. The van der Waals surface area contributed by atoms with Gasteiger partial charge in [-0.1, -0.05) is 6.07 Å². The van der Waals surface area contributed by atoms with Gasteiger partial charge in [-0.25, -0.2) is 9.78 Å². The molecular weight excluding hydrogens is 586 g/mol. The summed E-state index contributed by atoms with van der Waals surface area (Å²) in [6.07, 6.45) is -8.92. The number of alkyl halides is 6. The fourth-order valence-corrected chi connectivity index (χ4v) is 5.44. The van der Waals surface area contributed by atoms with E-state index in [1.165, 1.54) is 29.9 Å². The zero-order chi connectivity index (χ0) is 31.3. The van der Waals surface area contributed by atoms with E-state index in [4.69, 9.17) is 4.74 Å². The third-order valence-corrected chi connectivity index (χ3v) is 8.00. The van der Waals surface area contributed by atoms with E-state index < -0.39 is 53.0 Å². The number of aromatic carboxylic acids is 1. The van der Waals surface area contributed by atoms with Crippen molar-refractivity contribution in [2.75, 3.05) is 12.4 Å². The molecule has 2 aliphatic carbocycles. The smallest absolute Gasteiger partial charge is 0.418 e. The number of methoxy groups -OCH3 is 1. The van der Waals surface area contributed by atoms with Crippen molar-refractivity contribution in [3.8, 4) is 5.75 Å². The van der Waals surface area contributed by atoms with Crippen LogP contribution in [0.4, 0.5) is 38.0 Å². The number of carbonyl (C=O) groups is 2. The minimum atomic E-state index is -4.81. The number of nitrogens with zero attached hydrogens (tertiary/aromatic N) is 2. The van der Waals surface area contributed by atoms with Crippen LogP contribution in [0, 0.1) is 5.92 Å². The van der Waals surface area contributed by atoms with Crippen molar-refractivity contribution in [1.82, 2.24) is 14.9 Å². The normalized spacial score (nSPS) is 20.1. The molecular formula is C28H28F6N4O5. The van der Waals surface area contributed by atoms with E-state index in [9.17, 15) is 46.1 Å². The number of hydrogen-bond acceptors (Lipinski definition) is 6. The number of benzene rings is 2. The summed E-state index contributed by atoms with van der Waals surface area (Å²) in [5.41, 5.74) is -2.59. The van der Waals surface area contributed by atoms with Gasteiger partial charge in [0.15, 0.2) is 0 Å². The molecule has 0 unspecified atom stereocenters. The maximum atomic E-state index is 14.1. The molecule has 2 aromatic carbocycles. The van der Waals surface area contributed by atoms with Crippen LogP contribution >= 0.6 is 0 Å². The van der Waals surface area contributed by atoms with Crippen LogP contribution in [0.3, 0.4) is 0 Å². The van der Waals surface area contributed by atoms with Crippen LogP contribution in [0.2, 0.25) is 0 Å². The van der Waals surface area contributed by atoms with Gasteiger partial charge < -0.3 is 30.2 Å². The molecule has 9 nitrogen and oxygen atoms in total. The summed E-state index contributed by atoms with van der Waals surface area (Å²) >= 11 is 0. The van der Waals surface area contributed by atoms with Gasteiger partial charge in [-0.05, 0) is 62.3 Å². The Balaban J connectivity index is 1.56. The number of carboxylic acids is 1.